The molecule has 1 fully saturated rings. The number of ether oxygens (including phenoxy) is 3. The first-order valence-electron chi connectivity index (χ1n) is 9.39. The van der Waals surface area contributed by atoms with Crippen molar-refractivity contribution in [2.45, 2.75) is 44.6 Å². The second-order valence-corrected chi connectivity index (χ2v) is 6.80. The van der Waals surface area contributed by atoms with Crippen LogP contribution in [0.2, 0.25) is 0 Å². The van der Waals surface area contributed by atoms with E-state index >= 15 is 0 Å². The van der Waals surface area contributed by atoms with Crippen molar-refractivity contribution in [3.8, 4) is 17.2 Å². The lowest BCUT2D eigenvalue weighted by Crippen LogP contribution is -2.35. The number of nitrogens with one attached hydrogen (secondary N) is 1. The molecule has 0 heterocycles. The highest BCUT2D eigenvalue weighted by Gasteiger charge is 2.18. The first-order valence-corrected chi connectivity index (χ1v) is 9.39. The van der Waals surface area contributed by atoms with Gasteiger partial charge in [0.05, 0.1) is 21.3 Å². The van der Waals surface area contributed by atoms with Crippen molar-refractivity contribution in [3.63, 3.8) is 0 Å². The van der Waals surface area contributed by atoms with Crippen LogP contribution in [-0.2, 0) is 0 Å². The van der Waals surface area contributed by atoms with Gasteiger partial charge in [-0.15, -0.1) is 0 Å². The van der Waals surface area contributed by atoms with E-state index in [1.165, 1.54) is 32.1 Å². The number of amides is 1. The van der Waals surface area contributed by atoms with Crippen molar-refractivity contribution < 1.29 is 19.0 Å². The molecular formula is C20H32N2O4. The molecule has 1 N–H and O–H groups in total. The Balaban J connectivity index is 1.85. The Morgan fingerprint density at radius 3 is 2.23 bits per heavy atom. The molecule has 1 saturated carbocycles. The minimum Gasteiger partial charge on any atom is -0.493 e. The van der Waals surface area contributed by atoms with Gasteiger partial charge >= 0.3 is 0 Å². The van der Waals surface area contributed by atoms with Crippen molar-refractivity contribution in [1.29, 1.82) is 0 Å². The second-order valence-electron chi connectivity index (χ2n) is 6.80. The third-order valence-electron chi connectivity index (χ3n) is 5.10. The Hall–Kier alpha value is -1.95. The number of methoxy groups -OCH3 is 3. The third-order valence-corrected chi connectivity index (χ3v) is 5.10. The van der Waals surface area contributed by atoms with Crippen molar-refractivity contribution >= 4 is 5.91 Å². The molecule has 0 saturated heterocycles. The molecule has 0 unspecified atom stereocenters. The third kappa shape index (κ3) is 5.27. The van der Waals surface area contributed by atoms with E-state index in [9.17, 15) is 4.79 Å². The zero-order valence-electron chi connectivity index (χ0n) is 16.5. The number of carbonyl (C=O) groups is 1. The highest BCUT2D eigenvalue weighted by molar-refractivity contribution is 5.95. The van der Waals surface area contributed by atoms with Gasteiger partial charge in [-0.3, -0.25) is 4.79 Å². The maximum Gasteiger partial charge on any atom is 0.251 e. The topological polar surface area (TPSA) is 60.0 Å². The summed E-state index contributed by atoms with van der Waals surface area (Å²) >= 11 is 0. The molecule has 1 aromatic carbocycles. The predicted octanol–water partition coefficient (Wildman–Crippen LogP) is 3.10. The molecule has 1 aliphatic rings. The average Bonchev–Trinajstić information content (AvgIpc) is 2.70. The van der Waals surface area contributed by atoms with Gasteiger partial charge in [0.25, 0.3) is 5.91 Å². The lowest BCUT2D eigenvalue weighted by Gasteiger charge is -2.31. The Kier molecular flexibility index (Phi) is 8.04. The molecule has 0 atom stereocenters. The lowest BCUT2D eigenvalue weighted by molar-refractivity contribution is 0.0949. The van der Waals surface area contributed by atoms with Crippen LogP contribution in [0.25, 0.3) is 0 Å². The Labute approximate surface area is 156 Å². The molecular weight excluding hydrogens is 332 g/mol. The Morgan fingerprint density at radius 1 is 1.08 bits per heavy atom. The fourth-order valence-electron chi connectivity index (χ4n) is 3.55. The van der Waals surface area contributed by atoms with Crippen LogP contribution in [0.15, 0.2) is 12.1 Å². The normalized spacial score (nSPS) is 15.0. The molecule has 1 aromatic rings. The van der Waals surface area contributed by atoms with Gasteiger partial charge in [-0.2, -0.15) is 0 Å². The van der Waals surface area contributed by atoms with Crippen molar-refractivity contribution in [2.24, 2.45) is 0 Å². The van der Waals surface area contributed by atoms with Crippen molar-refractivity contribution in [3.05, 3.63) is 17.7 Å². The van der Waals surface area contributed by atoms with Crippen molar-refractivity contribution in [1.82, 2.24) is 10.2 Å². The van der Waals surface area contributed by atoms with E-state index in [0.29, 0.717) is 35.4 Å². The first-order chi connectivity index (χ1) is 12.6. The van der Waals surface area contributed by atoms with Crippen LogP contribution in [-0.4, -0.2) is 58.3 Å². The minimum atomic E-state index is -0.135. The van der Waals surface area contributed by atoms with Crippen LogP contribution < -0.4 is 19.5 Å². The zero-order valence-corrected chi connectivity index (χ0v) is 16.5. The monoisotopic (exact) mass is 364 g/mol. The van der Waals surface area contributed by atoms with Gasteiger partial charge in [-0.25, -0.2) is 0 Å². The van der Waals surface area contributed by atoms with E-state index in [2.05, 4.69) is 17.3 Å². The van der Waals surface area contributed by atoms with Crippen LogP contribution >= 0.6 is 0 Å². The summed E-state index contributed by atoms with van der Waals surface area (Å²) in [7, 11) is 6.82. The summed E-state index contributed by atoms with van der Waals surface area (Å²) in [4.78, 5) is 14.9. The van der Waals surface area contributed by atoms with Crippen LogP contribution in [0.1, 0.15) is 48.9 Å². The maximum absolute atomic E-state index is 12.5. The zero-order chi connectivity index (χ0) is 18.9. The summed E-state index contributed by atoms with van der Waals surface area (Å²) in [5, 5.41) is 2.98. The van der Waals surface area contributed by atoms with E-state index < -0.39 is 0 Å². The predicted molar refractivity (Wildman–Crippen MR) is 103 cm³/mol. The highest BCUT2D eigenvalue weighted by Crippen LogP contribution is 2.38. The molecule has 6 heteroatoms. The van der Waals surface area contributed by atoms with E-state index in [-0.39, 0.29) is 5.91 Å². The van der Waals surface area contributed by atoms with Gasteiger partial charge in [0, 0.05) is 18.2 Å². The molecule has 6 nitrogen and oxygen atoms in total. The quantitative estimate of drug-likeness (QED) is 0.682. The molecule has 1 aliphatic carbocycles. The standard InChI is InChI=1S/C20H32N2O4/c1-22(16-9-6-5-7-10-16)12-8-11-21-20(23)15-13-17(24-2)19(26-4)18(14-15)25-3/h13-14,16H,5-12H2,1-4H3,(H,21,23). The highest BCUT2D eigenvalue weighted by atomic mass is 16.5. The van der Waals surface area contributed by atoms with Gasteiger partial charge < -0.3 is 24.4 Å². The van der Waals surface area contributed by atoms with Crippen LogP contribution in [0.3, 0.4) is 0 Å². The number of nitrogens with zero attached hydrogens (tertiary/aromatic N) is 1. The number of rotatable bonds is 9. The van der Waals surface area contributed by atoms with Crippen LogP contribution in [0.4, 0.5) is 0 Å². The molecule has 26 heavy (non-hydrogen) atoms. The smallest absolute Gasteiger partial charge is 0.251 e. The SMILES string of the molecule is COc1cc(C(=O)NCCCN(C)C2CCCCC2)cc(OC)c1OC. The van der Waals surface area contributed by atoms with Gasteiger partial charge in [-0.05, 0) is 45.0 Å². The molecule has 2 rings (SSSR count). The number of benzene rings is 1. The van der Waals surface area contributed by atoms with E-state index in [0.717, 1.165) is 13.0 Å². The number of hydrogen-bond acceptors (Lipinski definition) is 5. The van der Waals surface area contributed by atoms with Gasteiger partial charge in [0.2, 0.25) is 5.75 Å². The Bertz CT molecular complexity index is 560. The summed E-state index contributed by atoms with van der Waals surface area (Å²) in [6.07, 6.45) is 7.58. The minimum absolute atomic E-state index is 0.135. The molecule has 0 aliphatic heterocycles. The summed E-state index contributed by atoms with van der Waals surface area (Å²) in [6, 6.07) is 4.05. The van der Waals surface area contributed by atoms with E-state index in [1.54, 1.807) is 33.5 Å². The molecule has 1 amide bonds. The molecule has 0 aromatic heterocycles. The molecule has 0 spiro atoms. The summed E-state index contributed by atoms with van der Waals surface area (Å²) in [6.45, 7) is 1.65. The van der Waals surface area contributed by atoms with Gasteiger partial charge in [0.1, 0.15) is 0 Å². The summed E-state index contributed by atoms with van der Waals surface area (Å²) in [5.74, 6) is 1.31. The first kappa shape index (κ1) is 20.4. The lowest BCUT2D eigenvalue weighted by atomic mass is 9.94. The molecule has 0 bridgehead atoms. The number of hydrogen-bond donors (Lipinski definition) is 1. The largest absolute Gasteiger partial charge is 0.493 e. The summed E-state index contributed by atoms with van der Waals surface area (Å²) in [5.41, 5.74) is 0.500. The fraction of sp³-hybridized carbons (Fsp3) is 0.650. The van der Waals surface area contributed by atoms with Crippen molar-refractivity contribution in [2.75, 3.05) is 41.5 Å². The number of carbonyl (C=O) groups excluding carboxylic acids is 1. The summed E-state index contributed by atoms with van der Waals surface area (Å²) < 4.78 is 15.9. The van der Waals surface area contributed by atoms with Gasteiger partial charge in [-0.1, -0.05) is 19.3 Å². The van der Waals surface area contributed by atoms with Crippen LogP contribution in [0.5, 0.6) is 17.2 Å². The van der Waals surface area contributed by atoms with Gasteiger partial charge in [0.15, 0.2) is 11.5 Å². The second kappa shape index (κ2) is 10.3. The average molecular weight is 364 g/mol. The van der Waals surface area contributed by atoms with E-state index in [4.69, 9.17) is 14.2 Å². The fourth-order valence-corrected chi connectivity index (χ4v) is 3.55. The molecule has 0 radical (unpaired) electrons. The molecule has 146 valence electrons. The maximum atomic E-state index is 12.5. The van der Waals surface area contributed by atoms with E-state index in [1.807, 2.05) is 0 Å². The Morgan fingerprint density at radius 2 is 1.69 bits per heavy atom. The van der Waals surface area contributed by atoms with Crippen LogP contribution in [0, 0.1) is 0 Å².